The van der Waals surface area contributed by atoms with Crippen molar-refractivity contribution >= 4 is 28.3 Å². The van der Waals surface area contributed by atoms with Gasteiger partial charge >= 0.3 is 0 Å². The zero-order valence-corrected chi connectivity index (χ0v) is 11.0. The first kappa shape index (κ1) is 11.9. The number of nitrogens with zero attached hydrogens (tertiary/aromatic N) is 1. The lowest BCUT2D eigenvalue weighted by molar-refractivity contribution is 0.416. The zero-order valence-electron chi connectivity index (χ0n) is 10.3. The highest BCUT2D eigenvalue weighted by Gasteiger charge is 2.12. The van der Waals surface area contributed by atoms with Crippen molar-refractivity contribution in [1.82, 2.24) is 9.97 Å². The van der Waals surface area contributed by atoms with Crippen LogP contribution < -0.4 is 10.5 Å². The molecule has 19 heavy (non-hydrogen) atoms. The molecule has 0 radical (unpaired) electrons. The number of hydrogen-bond acceptors (Lipinski definition) is 3. The largest absolute Gasteiger partial charge is 0.496 e. The van der Waals surface area contributed by atoms with Crippen LogP contribution in [0.3, 0.4) is 0 Å². The van der Waals surface area contributed by atoms with Crippen LogP contribution in [0.25, 0.3) is 22.4 Å². The van der Waals surface area contributed by atoms with Crippen LogP contribution in [-0.4, -0.2) is 17.1 Å². The molecule has 3 aromatic rings. The molecule has 2 aromatic carbocycles. The van der Waals surface area contributed by atoms with Crippen LogP contribution in [0.2, 0.25) is 5.02 Å². The summed E-state index contributed by atoms with van der Waals surface area (Å²) in [5, 5.41) is 0.584. The van der Waals surface area contributed by atoms with Gasteiger partial charge in [0.1, 0.15) is 17.1 Å². The second kappa shape index (κ2) is 4.48. The normalized spacial score (nSPS) is 10.8. The quantitative estimate of drug-likeness (QED) is 0.703. The van der Waals surface area contributed by atoms with Gasteiger partial charge in [-0.3, -0.25) is 0 Å². The highest BCUT2D eigenvalue weighted by Crippen LogP contribution is 2.31. The molecule has 5 heteroatoms. The smallest absolute Gasteiger partial charge is 0.142 e. The molecule has 0 atom stereocenters. The van der Waals surface area contributed by atoms with Crippen molar-refractivity contribution in [2.45, 2.75) is 0 Å². The van der Waals surface area contributed by atoms with E-state index in [0.29, 0.717) is 22.1 Å². The van der Waals surface area contributed by atoms with Crippen molar-refractivity contribution < 1.29 is 4.74 Å². The van der Waals surface area contributed by atoms with Crippen molar-refractivity contribution in [2.24, 2.45) is 0 Å². The lowest BCUT2D eigenvalue weighted by Crippen LogP contribution is -1.88. The molecule has 0 fully saturated rings. The van der Waals surface area contributed by atoms with Gasteiger partial charge in [-0.25, -0.2) is 4.98 Å². The van der Waals surface area contributed by atoms with Gasteiger partial charge in [-0.15, -0.1) is 0 Å². The maximum absolute atomic E-state index is 5.99. The molecule has 0 saturated heterocycles. The Bertz CT molecular complexity index is 752. The Kier molecular flexibility index (Phi) is 2.80. The molecule has 0 bridgehead atoms. The number of hydrogen-bond donors (Lipinski definition) is 2. The van der Waals surface area contributed by atoms with E-state index in [9.17, 15) is 0 Å². The van der Waals surface area contributed by atoms with Crippen LogP contribution >= 0.6 is 11.6 Å². The number of methoxy groups -OCH3 is 1. The summed E-state index contributed by atoms with van der Waals surface area (Å²) in [4.78, 5) is 7.73. The second-order valence-electron chi connectivity index (χ2n) is 4.18. The van der Waals surface area contributed by atoms with E-state index in [-0.39, 0.29) is 0 Å². The number of nitrogens with one attached hydrogen (secondary N) is 1. The van der Waals surface area contributed by atoms with E-state index < -0.39 is 0 Å². The molecule has 4 nitrogen and oxygen atoms in total. The van der Waals surface area contributed by atoms with Crippen LogP contribution in [-0.2, 0) is 0 Å². The van der Waals surface area contributed by atoms with Crippen LogP contribution in [0.4, 0.5) is 5.69 Å². The molecule has 0 spiro atoms. The fraction of sp³-hybridized carbons (Fsp3) is 0.0714. The Morgan fingerprint density at radius 1 is 1.26 bits per heavy atom. The van der Waals surface area contributed by atoms with E-state index in [2.05, 4.69) is 9.97 Å². The number of nitrogen functional groups attached to an aromatic ring is 1. The van der Waals surface area contributed by atoms with Crippen LogP contribution in [0, 0.1) is 0 Å². The monoisotopic (exact) mass is 273 g/mol. The van der Waals surface area contributed by atoms with E-state index in [1.807, 2.05) is 24.3 Å². The molecular formula is C14H12ClN3O. The number of anilines is 1. The van der Waals surface area contributed by atoms with Crippen molar-refractivity contribution in [3.8, 4) is 17.1 Å². The maximum atomic E-state index is 5.99. The van der Waals surface area contributed by atoms with Gasteiger partial charge in [0, 0.05) is 5.02 Å². The maximum Gasteiger partial charge on any atom is 0.142 e. The predicted molar refractivity (Wildman–Crippen MR) is 77.5 cm³/mol. The minimum atomic E-state index is 0.555. The van der Waals surface area contributed by atoms with Gasteiger partial charge in [0.05, 0.1) is 23.9 Å². The molecule has 3 N–H and O–H groups in total. The van der Waals surface area contributed by atoms with Crippen molar-refractivity contribution in [3.63, 3.8) is 0 Å². The lowest BCUT2D eigenvalue weighted by atomic mass is 10.2. The second-order valence-corrected chi connectivity index (χ2v) is 4.61. The zero-order chi connectivity index (χ0) is 13.4. The number of imidazole rings is 1. The number of ether oxygens (including phenoxy) is 1. The average Bonchev–Trinajstić information content (AvgIpc) is 2.82. The summed E-state index contributed by atoms with van der Waals surface area (Å²) in [5.41, 5.74) is 8.89. The third-order valence-electron chi connectivity index (χ3n) is 2.94. The molecule has 96 valence electrons. The van der Waals surface area contributed by atoms with E-state index in [1.54, 1.807) is 19.2 Å². The van der Waals surface area contributed by atoms with E-state index in [0.717, 1.165) is 16.8 Å². The molecule has 0 amide bonds. The first-order valence-corrected chi connectivity index (χ1v) is 6.15. The number of benzene rings is 2. The fourth-order valence-corrected chi connectivity index (χ4v) is 2.30. The van der Waals surface area contributed by atoms with Gasteiger partial charge in [0.25, 0.3) is 0 Å². The molecule has 1 aromatic heterocycles. The molecule has 0 aliphatic heterocycles. The van der Waals surface area contributed by atoms with E-state index in [4.69, 9.17) is 22.1 Å². The summed E-state index contributed by atoms with van der Waals surface area (Å²) < 4.78 is 5.33. The molecular weight excluding hydrogens is 262 g/mol. The Morgan fingerprint density at radius 3 is 2.84 bits per heavy atom. The number of fused-ring (bicyclic) bond motifs is 1. The standard InChI is InChI=1S/C14H12ClN3O/c1-19-12-5-3-2-4-9(12)14-17-11-7-8(15)6-10(16)13(11)18-14/h2-7H,16H2,1H3,(H,17,18). The number of aromatic nitrogens is 2. The molecule has 0 unspecified atom stereocenters. The highest BCUT2D eigenvalue weighted by atomic mass is 35.5. The van der Waals surface area contributed by atoms with E-state index in [1.165, 1.54) is 0 Å². The highest BCUT2D eigenvalue weighted by molar-refractivity contribution is 6.31. The Morgan fingerprint density at radius 2 is 2.05 bits per heavy atom. The first-order chi connectivity index (χ1) is 9.19. The Hall–Kier alpha value is -2.20. The van der Waals surface area contributed by atoms with Crippen molar-refractivity contribution in [1.29, 1.82) is 0 Å². The van der Waals surface area contributed by atoms with Crippen molar-refractivity contribution in [2.75, 3.05) is 12.8 Å². The van der Waals surface area contributed by atoms with Gasteiger partial charge in [-0.1, -0.05) is 23.7 Å². The summed E-state index contributed by atoms with van der Waals surface area (Å²) in [7, 11) is 1.63. The van der Waals surface area contributed by atoms with E-state index >= 15 is 0 Å². The van der Waals surface area contributed by atoms with Gasteiger partial charge in [0.2, 0.25) is 0 Å². The number of para-hydroxylation sites is 1. The summed E-state index contributed by atoms with van der Waals surface area (Å²) in [6, 6.07) is 11.2. The minimum absolute atomic E-state index is 0.555. The number of aromatic amines is 1. The summed E-state index contributed by atoms with van der Waals surface area (Å²) >= 11 is 5.99. The minimum Gasteiger partial charge on any atom is -0.496 e. The molecule has 1 heterocycles. The predicted octanol–water partition coefficient (Wildman–Crippen LogP) is 3.47. The summed E-state index contributed by atoms with van der Waals surface area (Å²) in [5.74, 6) is 1.47. The van der Waals surface area contributed by atoms with Crippen LogP contribution in [0.5, 0.6) is 5.75 Å². The lowest BCUT2D eigenvalue weighted by Gasteiger charge is -2.04. The molecule has 0 saturated carbocycles. The number of nitrogens with two attached hydrogens (primary N) is 1. The summed E-state index contributed by atoms with van der Waals surface area (Å²) in [6.07, 6.45) is 0. The molecule has 3 rings (SSSR count). The Balaban J connectivity index is 2.23. The van der Waals surface area contributed by atoms with Crippen LogP contribution in [0.1, 0.15) is 0 Å². The molecule has 0 aliphatic rings. The topological polar surface area (TPSA) is 63.9 Å². The summed E-state index contributed by atoms with van der Waals surface area (Å²) in [6.45, 7) is 0. The van der Waals surface area contributed by atoms with Crippen LogP contribution in [0.15, 0.2) is 36.4 Å². The number of rotatable bonds is 2. The van der Waals surface area contributed by atoms with Crippen molar-refractivity contribution in [3.05, 3.63) is 41.4 Å². The third kappa shape index (κ3) is 2.00. The number of H-pyrrole nitrogens is 1. The fourth-order valence-electron chi connectivity index (χ4n) is 2.08. The van der Waals surface area contributed by atoms with Gasteiger partial charge in [0.15, 0.2) is 0 Å². The van der Waals surface area contributed by atoms with Gasteiger partial charge in [-0.2, -0.15) is 0 Å². The van der Waals surface area contributed by atoms with Gasteiger partial charge < -0.3 is 15.5 Å². The first-order valence-electron chi connectivity index (χ1n) is 5.77. The third-order valence-corrected chi connectivity index (χ3v) is 3.16. The molecule has 0 aliphatic carbocycles. The number of halogens is 1. The Labute approximate surface area is 115 Å². The van der Waals surface area contributed by atoms with Gasteiger partial charge in [-0.05, 0) is 24.3 Å². The SMILES string of the molecule is COc1ccccc1-c1nc2c(N)cc(Cl)cc2[nH]1. The average molecular weight is 274 g/mol.